The zero-order chi connectivity index (χ0) is 6.57. The largest absolute Gasteiger partial charge is 0.296 e. The Kier molecular flexibility index (Phi) is 3.33. The van der Waals surface area contributed by atoms with E-state index in [1.165, 1.54) is 0 Å². The number of hydrogen-bond acceptors (Lipinski definition) is 0. The highest BCUT2D eigenvalue weighted by molar-refractivity contribution is 4.88. The number of hydrogen-bond donors (Lipinski definition) is 0. The molecule has 8 heavy (non-hydrogen) atoms. The fraction of sp³-hybridized carbons (Fsp3) is 0.714. The summed E-state index contributed by atoms with van der Waals surface area (Å²) in [5.41, 5.74) is 0. The molecule has 0 bridgehead atoms. The third kappa shape index (κ3) is 3.72. The Balaban J connectivity index is 3.51. The summed E-state index contributed by atoms with van der Waals surface area (Å²) in [4.78, 5) is 0. The smallest absolute Gasteiger partial charge is 0.148 e. The zero-order valence-electron chi connectivity index (χ0n) is 5.77. The van der Waals surface area contributed by atoms with Gasteiger partial charge in [0.2, 0.25) is 0 Å². The topological polar surface area (TPSA) is 19.9 Å². The highest BCUT2D eigenvalue weighted by atomic mass is 16.3. The van der Waals surface area contributed by atoms with Crippen molar-refractivity contribution in [1.29, 1.82) is 0 Å². The van der Waals surface area contributed by atoms with Crippen LogP contribution in [-0.4, -0.2) is 0 Å². The molecule has 0 saturated carbocycles. The summed E-state index contributed by atoms with van der Waals surface area (Å²) in [6.07, 6.45) is 2.81. The lowest BCUT2D eigenvalue weighted by atomic mass is 10.1. The van der Waals surface area contributed by atoms with Crippen molar-refractivity contribution >= 4 is 0 Å². The van der Waals surface area contributed by atoms with Crippen molar-refractivity contribution in [2.24, 2.45) is 5.92 Å². The van der Waals surface area contributed by atoms with Gasteiger partial charge in [0.25, 0.3) is 0 Å². The average molecular weight is 113 g/mol. The number of rotatable bonds is 2. The summed E-state index contributed by atoms with van der Waals surface area (Å²) in [7, 11) is 0. The second-order valence-corrected chi connectivity index (χ2v) is 2.16. The molecule has 1 radical (unpaired) electrons. The molecule has 1 nitrogen and oxygen atoms in total. The molecule has 0 heterocycles. The van der Waals surface area contributed by atoms with Gasteiger partial charge in [0.05, 0.1) is 0 Å². The first kappa shape index (κ1) is 7.54. The van der Waals surface area contributed by atoms with E-state index in [0.717, 1.165) is 6.42 Å². The summed E-state index contributed by atoms with van der Waals surface area (Å²) < 4.78 is 0. The van der Waals surface area contributed by atoms with Gasteiger partial charge in [0.1, 0.15) is 5.76 Å². The van der Waals surface area contributed by atoms with Crippen LogP contribution in [0.3, 0.4) is 0 Å². The monoisotopic (exact) mass is 113 g/mol. The van der Waals surface area contributed by atoms with E-state index in [2.05, 4.69) is 6.92 Å². The van der Waals surface area contributed by atoms with E-state index in [9.17, 15) is 5.11 Å². The summed E-state index contributed by atoms with van der Waals surface area (Å²) in [6.45, 7) is 5.71. The Morgan fingerprint density at radius 2 is 2.25 bits per heavy atom. The highest BCUT2D eigenvalue weighted by Crippen LogP contribution is 2.03. The summed E-state index contributed by atoms with van der Waals surface area (Å²) in [6, 6.07) is 0. The molecule has 0 aliphatic rings. The second kappa shape index (κ2) is 3.53. The first-order chi connectivity index (χ1) is 3.66. The molecular formula is C7H13O. The summed E-state index contributed by atoms with van der Waals surface area (Å²) in [5, 5.41) is 10.4. The van der Waals surface area contributed by atoms with Crippen LogP contribution in [0.4, 0.5) is 0 Å². The predicted molar refractivity (Wildman–Crippen MR) is 33.9 cm³/mol. The summed E-state index contributed by atoms with van der Waals surface area (Å²) in [5.74, 6) is 0.631. The molecule has 0 aliphatic heterocycles. The van der Waals surface area contributed by atoms with E-state index in [-0.39, 0.29) is 5.76 Å². The minimum Gasteiger partial charge on any atom is -0.296 e. The van der Waals surface area contributed by atoms with Gasteiger partial charge in [0, 0.05) is 0 Å². The molecule has 0 fully saturated rings. The van der Waals surface area contributed by atoms with Crippen molar-refractivity contribution in [1.82, 2.24) is 0 Å². The fourth-order valence-corrected chi connectivity index (χ4v) is 0.519. The van der Waals surface area contributed by atoms with E-state index in [1.807, 2.05) is 6.92 Å². The molecule has 0 saturated heterocycles. The SMILES string of the molecule is CCC(C)C=C(C)[O]. The van der Waals surface area contributed by atoms with Crippen molar-refractivity contribution in [3.05, 3.63) is 11.8 Å². The second-order valence-electron chi connectivity index (χ2n) is 2.16. The van der Waals surface area contributed by atoms with Crippen molar-refractivity contribution < 1.29 is 5.11 Å². The van der Waals surface area contributed by atoms with Crippen molar-refractivity contribution in [2.45, 2.75) is 27.2 Å². The maximum absolute atomic E-state index is 10.4. The van der Waals surface area contributed by atoms with Crippen LogP contribution in [-0.2, 0) is 5.11 Å². The molecule has 1 unspecified atom stereocenters. The Morgan fingerprint density at radius 3 is 2.38 bits per heavy atom. The molecule has 0 aliphatic carbocycles. The number of allylic oxidation sites excluding steroid dienone is 2. The molecule has 47 valence electrons. The third-order valence-corrected chi connectivity index (χ3v) is 1.16. The van der Waals surface area contributed by atoms with Gasteiger partial charge in [-0.05, 0) is 25.3 Å². The Hall–Kier alpha value is -0.460. The Bertz CT molecular complexity index is 80.4. The van der Waals surface area contributed by atoms with Gasteiger partial charge >= 0.3 is 0 Å². The molecular weight excluding hydrogens is 100 g/mol. The first-order valence-corrected chi connectivity index (χ1v) is 3.02. The van der Waals surface area contributed by atoms with Crippen LogP contribution in [0.5, 0.6) is 0 Å². The zero-order valence-corrected chi connectivity index (χ0v) is 5.77. The van der Waals surface area contributed by atoms with Gasteiger partial charge < -0.3 is 0 Å². The van der Waals surface area contributed by atoms with E-state index in [1.54, 1.807) is 13.0 Å². The molecule has 0 rings (SSSR count). The minimum atomic E-state index is 0.180. The van der Waals surface area contributed by atoms with Gasteiger partial charge in [-0.25, -0.2) is 0 Å². The van der Waals surface area contributed by atoms with Crippen LogP contribution in [0.1, 0.15) is 27.2 Å². The van der Waals surface area contributed by atoms with Gasteiger partial charge in [-0.3, -0.25) is 5.11 Å². The quantitative estimate of drug-likeness (QED) is 0.490. The van der Waals surface area contributed by atoms with Gasteiger partial charge in [-0.15, -0.1) is 0 Å². The molecule has 0 spiro atoms. The lowest BCUT2D eigenvalue weighted by Crippen LogP contribution is -1.85. The molecule has 0 aromatic rings. The Morgan fingerprint density at radius 1 is 1.75 bits per heavy atom. The van der Waals surface area contributed by atoms with Crippen LogP contribution in [0, 0.1) is 5.92 Å². The van der Waals surface area contributed by atoms with Crippen LogP contribution in [0.2, 0.25) is 0 Å². The maximum Gasteiger partial charge on any atom is 0.148 e. The van der Waals surface area contributed by atoms with Crippen molar-refractivity contribution in [3.63, 3.8) is 0 Å². The standard InChI is InChI=1S/C7H13O/c1-4-6(2)5-7(3)8/h5-6H,4H2,1-3H3. The molecule has 0 aromatic carbocycles. The average Bonchev–Trinajstić information content (AvgIpc) is 1.65. The van der Waals surface area contributed by atoms with E-state index in [4.69, 9.17) is 0 Å². The maximum atomic E-state index is 10.4. The summed E-state index contributed by atoms with van der Waals surface area (Å²) >= 11 is 0. The molecule has 0 amide bonds. The van der Waals surface area contributed by atoms with E-state index in [0.29, 0.717) is 5.92 Å². The molecule has 1 atom stereocenters. The molecule has 1 heteroatoms. The van der Waals surface area contributed by atoms with E-state index < -0.39 is 0 Å². The van der Waals surface area contributed by atoms with Gasteiger partial charge in [0.15, 0.2) is 0 Å². The highest BCUT2D eigenvalue weighted by Gasteiger charge is 1.92. The molecule has 0 N–H and O–H groups in total. The third-order valence-electron chi connectivity index (χ3n) is 1.16. The lowest BCUT2D eigenvalue weighted by Gasteiger charge is -1.96. The molecule has 0 aromatic heterocycles. The minimum absolute atomic E-state index is 0.180. The van der Waals surface area contributed by atoms with Gasteiger partial charge in [-0.1, -0.05) is 13.8 Å². The van der Waals surface area contributed by atoms with Crippen molar-refractivity contribution in [2.75, 3.05) is 0 Å². The predicted octanol–water partition coefficient (Wildman–Crippen LogP) is 2.37. The van der Waals surface area contributed by atoms with Crippen LogP contribution in [0.25, 0.3) is 0 Å². The van der Waals surface area contributed by atoms with Gasteiger partial charge in [-0.2, -0.15) is 0 Å². The van der Waals surface area contributed by atoms with E-state index >= 15 is 0 Å². The first-order valence-electron chi connectivity index (χ1n) is 3.02. The van der Waals surface area contributed by atoms with Crippen LogP contribution in [0.15, 0.2) is 11.8 Å². The van der Waals surface area contributed by atoms with Crippen molar-refractivity contribution in [3.8, 4) is 0 Å². The van der Waals surface area contributed by atoms with Crippen LogP contribution >= 0.6 is 0 Å². The normalized spacial score (nSPS) is 16.1. The Labute approximate surface area is 51.0 Å². The lowest BCUT2D eigenvalue weighted by molar-refractivity contribution is 0.295. The van der Waals surface area contributed by atoms with Crippen LogP contribution < -0.4 is 0 Å². The fourth-order valence-electron chi connectivity index (χ4n) is 0.519.